The van der Waals surface area contributed by atoms with Crippen molar-refractivity contribution in [1.29, 1.82) is 0 Å². The number of hydrogen-bond donors (Lipinski definition) is 0. The summed E-state index contributed by atoms with van der Waals surface area (Å²) in [4.78, 5) is 38.0. The van der Waals surface area contributed by atoms with Crippen LogP contribution in [0.1, 0.15) is 310 Å². The second-order valence-electron chi connectivity index (χ2n) is 19.6. The summed E-state index contributed by atoms with van der Waals surface area (Å²) >= 11 is 0. The maximum absolute atomic E-state index is 12.8. The summed E-state index contributed by atoms with van der Waals surface area (Å²) in [5, 5.41) is 0. The van der Waals surface area contributed by atoms with E-state index in [1.807, 2.05) is 0 Å². The number of esters is 3. The van der Waals surface area contributed by atoms with Crippen molar-refractivity contribution in [2.75, 3.05) is 13.2 Å². The van der Waals surface area contributed by atoms with Gasteiger partial charge in [0.2, 0.25) is 0 Å². The summed E-state index contributed by atoms with van der Waals surface area (Å²) in [7, 11) is 0. The highest BCUT2D eigenvalue weighted by Gasteiger charge is 2.19. The Hall–Kier alpha value is -2.37. The molecule has 66 heavy (non-hydrogen) atoms. The quantitative estimate of drug-likeness (QED) is 0.0262. The van der Waals surface area contributed by atoms with Gasteiger partial charge in [0, 0.05) is 19.3 Å². The van der Waals surface area contributed by atoms with E-state index in [2.05, 4.69) is 57.2 Å². The first-order valence-corrected chi connectivity index (χ1v) is 29.0. The van der Waals surface area contributed by atoms with E-state index >= 15 is 0 Å². The van der Waals surface area contributed by atoms with E-state index in [1.165, 1.54) is 199 Å². The van der Waals surface area contributed by atoms with Crippen molar-refractivity contribution < 1.29 is 28.6 Å². The van der Waals surface area contributed by atoms with Crippen LogP contribution in [0.3, 0.4) is 0 Å². The number of hydrogen-bond acceptors (Lipinski definition) is 6. The zero-order chi connectivity index (χ0) is 47.9. The Morgan fingerprint density at radius 2 is 0.545 bits per heavy atom. The third kappa shape index (κ3) is 52.6. The van der Waals surface area contributed by atoms with Crippen molar-refractivity contribution in [2.45, 2.75) is 316 Å². The highest BCUT2D eigenvalue weighted by atomic mass is 16.6. The molecule has 0 N–H and O–H groups in total. The van der Waals surface area contributed by atoms with Gasteiger partial charge in [0.15, 0.2) is 6.10 Å². The van der Waals surface area contributed by atoms with Gasteiger partial charge in [-0.2, -0.15) is 0 Å². The Morgan fingerprint density at radius 3 is 0.848 bits per heavy atom. The summed E-state index contributed by atoms with van der Waals surface area (Å²) in [6.07, 6.45) is 65.7. The van der Waals surface area contributed by atoms with Crippen molar-refractivity contribution in [3.05, 3.63) is 36.5 Å². The smallest absolute Gasteiger partial charge is 0.306 e. The fourth-order valence-electron chi connectivity index (χ4n) is 8.47. The lowest BCUT2D eigenvalue weighted by atomic mass is 10.0. The molecule has 0 fully saturated rings. The van der Waals surface area contributed by atoms with Gasteiger partial charge in [-0.3, -0.25) is 14.4 Å². The largest absolute Gasteiger partial charge is 0.462 e. The Balaban J connectivity index is 4.24. The van der Waals surface area contributed by atoms with Crippen LogP contribution in [-0.2, 0) is 28.6 Å². The van der Waals surface area contributed by atoms with E-state index in [0.717, 1.165) is 70.6 Å². The average molecular weight is 928 g/mol. The molecule has 0 spiro atoms. The SMILES string of the molecule is CCCCCCC/C=C\C/C=C\CCCCCCCCCCCCCC(=O)OCC(COC(=O)CCCCCCCCCCCC)OC(=O)CCCCCCC/C=C\CCCCCCCC. The first kappa shape index (κ1) is 63.6. The molecule has 0 aromatic carbocycles. The zero-order valence-corrected chi connectivity index (χ0v) is 44.2. The number of carbonyl (C=O) groups excluding carboxylic acids is 3. The predicted molar refractivity (Wildman–Crippen MR) is 284 cm³/mol. The summed E-state index contributed by atoms with van der Waals surface area (Å²) in [6, 6.07) is 0. The molecule has 0 aliphatic heterocycles. The molecule has 0 heterocycles. The third-order valence-electron chi connectivity index (χ3n) is 12.9. The normalized spacial score (nSPS) is 12.2. The van der Waals surface area contributed by atoms with E-state index in [1.54, 1.807) is 0 Å². The van der Waals surface area contributed by atoms with Crippen molar-refractivity contribution in [2.24, 2.45) is 0 Å². The summed E-state index contributed by atoms with van der Waals surface area (Å²) < 4.78 is 16.8. The van der Waals surface area contributed by atoms with Crippen LogP contribution in [-0.4, -0.2) is 37.2 Å². The third-order valence-corrected chi connectivity index (χ3v) is 12.9. The lowest BCUT2D eigenvalue weighted by Gasteiger charge is -2.18. The minimum Gasteiger partial charge on any atom is -0.462 e. The number of ether oxygens (including phenoxy) is 3. The van der Waals surface area contributed by atoms with E-state index < -0.39 is 6.10 Å². The first-order chi connectivity index (χ1) is 32.5. The molecule has 0 aromatic heterocycles. The highest BCUT2D eigenvalue weighted by Crippen LogP contribution is 2.16. The molecule has 1 unspecified atom stereocenters. The van der Waals surface area contributed by atoms with Crippen LogP contribution in [0.2, 0.25) is 0 Å². The Kier molecular flexibility index (Phi) is 53.2. The molecule has 1 atom stereocenters. The van der Waals surface area contributed by atoms with Crippen molar-refractivity contribution >= 4 is 17.9 Å². The molecule has 0 saturated carbocycles. The van der Waals surface area contributed by atoms with Crippen LogP contribution >= 0.6 is 0 Å². The standard InChI is InChI=1S/C60H110O6/c1-4-7-10-13-16-19-22-24-26-27-28-29-30-31-32-33-35-36-38-41-44-47-50-53-59(62)65-56-57(55-64-58(61)52-49-46-43-40-21-18-15-12-9-6-3)66-60(63)54-51-48-45-42-39-37-34-25-23-20-17-14-11-8-5-2/h22,24-25,27-28,34,57H,4-21,23,26,29-33,35-56H2,1-3H3/b24-22-,28-27-,34-25-. The zero-order valence-electron chi connectivity index (χ0n) is 44.2. The van der Waals surface area contributed by atoms with Gasteiger partial charge in [-0.1, -0.05) is 250 Å². The van der Waals surface area contributed by atoms with E-state index in [-0.39, 0.29) is 31.1 Å². The minimum absolute atomic E-state index is 0.0726. The Labute approximate surface area is 410 Å². The molecular formula is C60H110O6. The summed E-state index contributed by atoms with van der Waals surface area (Å²) in [6.45, 7) is 6.64. The topological polar surface area (TPSA) is 78.9 Å². The number of unbranched alkanes of at least 4 members (excludes halogenated alkanes) is 36. The number of rotatable bonds is 53. The van der Waals surface area contributed by atoms with Gasteiger partial charge in [-0.25, -0.2) is 0 Å². The molecule has 0 saturated heterocycles. The molecule has 0 amide bonds. The molecule has 0 aliphatic rings. The maximum atomic E-state index is 12.8. The molecule has 0 radical (unpaired) electrons. The van der Waals surface area contributed by atoms with Crippen LogP contribution in [0.5, 0.6) is 0 Å². The molecule has 386 valence electrons. The molecule has 6 heteroatoms. The van der Waals surface area contributed by atoms with Crippen molar-refractivity contribution in [3.8, 4) is 0 Å². The van der Waals surface area contributed by atoms with Gasteiger partial charge in [0.05, 0.1) is 0 Å². The molecule has 0 rings (SSSR count). The fourth-order valence-corrected chi connectivity index (χ4v) is 8.47. The van der Waals surface area contributed by atoms with Gasteiger partial charge in [0.1, 0.15) is 13.2 Å². The Morgan fingerprint density at radius 1 is 0.303 bits per heavy atom. The van der Waals surface area contributed by atoms with Crippen LogP contribution in [0.4, 0.5) is 0 Å². The lowest BCUT2D eigenvalue weighted by Crippen LogP contribution is -2.30. The second kappa shape index (κ2) is 55.2. The molecule has 0 aromatic rings. The number of allylic oxidation sites excluding steroid dienone is 6. The molecule has 6 nitrogen and oxygen atoms in total. The maximum Gasteiger partial charge on any atom is 0.306 e. The van der Waals surface area contributed by atoms with Gasteiger partial charge < -0.3 is 14.2 Å². The number of carbonyl (C=O) groups is 3. The fraction of sp³-hybridized carbons (Fsp3) is 0.850. The highest BCUT2D eigenvalue weighted by molar-refractivity contribution is 5.71. The van der Waals surface area contributed by atoms with Gasteiger partial charge in [-0.15, -0.1) is 0 Å². The van der Waals surface area contributed by atoms with Crippen LogP contribution in [0.25, 0.3) is 0 Å². The van der Waals surface area contributed by atoms with E-state index in [0.29, 0.717) is 19.3 Å². The monoisotopic (exact) mass is 927 g/mol. The van der Waals surface area contributed by atoms with Crippen LogP contribution < -0.4 is 0 Å². The first-order valence-electron chi connectivity index (χ1n) is 29.0. The van der Waals surface area contributed by atoms with Gasteiger partial charge in [0.25, 0.3) is 0 Å². The Bertz CT molecular complexity index is 1110. The van der Waals surface area contributed by atoms with Crippen molar-refractivity contribution in [3.63, 3.8) is 0 Å². The summed E-state index contributed by atoms with van der Waals surface area (Å²) in [5.74, 6) is -0.870. The van der Waals surface area contributed by atoms with E-state index in [9.17, 15) is 14.4 Å². The van der Waals surface area contributed by atoms with Crippen LogP contribution in [0, 0.1) is 0 Å². The molecule has 0 bridgehead atoms. The van der Waals surface area contributed by atoms with E-state index in [4.69, 9.17) is 14.2 Å². The van der Waals surface area contributed by atoms with Gasteiger partial charge >= 0.3 is 17.9 Å². The predicted octanol–water partition coefficient (Wildman–Crippen LogP) is 19.3. The van der Waals surface area contributed by atoms with Crippen molar-refractivity contribution in [1.82, 2.24) is 0 Å². The lowest BCUT2D eigenvalue weighted by molar-refractivity contribution is -0.167. The second-order valence-corrected chi connectivity index (χ2v) is 19.6. The average Bonchev–Trinajstić information content (AvgIpc) is 3.31. The van der Waals surface area contributed by atoms with Crippen LogP contribution in [0.15, 0.2) is 36.5 Å². The molecular weight excluding hydrogens is 817 g/mol. The minimum atomic E-state index is -0.773. The molecule has 0 aliphatic carbocycles. The van der Waals surface area contributed by atoms with Gasteiger partial charge in [-0.05, 0) is 77.0 Å². The summed E-state index contributed by atoms with van der Waals surface area (Å²) in [5.41, 5.74) is 0.